The molecule has 0 aliphatic carbocycles. The van der Waals surface area contributed by atoms with Crippen molar-refractivity contribution in [3.05, 3.63) is 64.2 Å². The number of rotatable bonds is 4. The van der Waals surface area contributed by atoms with Gasteiger partial charge in [0.05, 0.1) is 0 Å². The van der Waals surface area contributed by atoms with Gasteiger partial charge in [0.15, 0.2) is 0 Å². The topological polar surface area (TPSA) is 49.4 Å². The van der Waals surface area contributed by atoms with Gasteiger partial charge in [-0.3, -0.25) is 9.59 Å². The lowest BCUT2D eigenvalue weighted by Gasteiger charge is -2.16. The minimum atomic E-state index is -0.171. The van der Waals surface area contributed by atoms with E-state index in [9.17, 15) is 9.59 Å². The van der Waals surface area contributed by atoms with Gasteiger partial charge in [-0.1, -0.05) is 23.7 Å². The minimum Gasteiger partial charge on any atom is -0.338 e. The standard InChI is InChI=1S/C19H19ClN2O2/c1-13-10-16(20)7-8-17(13)21-19(24)15-5-2-4-14(11-15)12-22-9-3-6-18(22)23/h2,4-5,7-8,10-11H,3,6,9,12H2,1H3,(H,21,24). The van der Waals surface area contributed by atoms with Crippen molar-refractivity contribution in [1.82, 2.24) is 4.90 Å². The molecule has 0 saturated carbocycles. The Balaban J connectivity index is 1.73. The molecule has 2 aromatic carbocycles. The van der Waals surface area contributed by atoms with Crippen molar-refractivity contribution in [2.45, 2.75) is 26.3 Å². The molecule has 0 bridgehead atoms. The van der Waals surface area contributed by atoms with Gasteiger partial charge in [-0.25, -0.2) is 0 Å². The molecule has 2 amide bonds. The van der Waals surface area contributed by atoms with E-state index in [1.165, 1.54) is 0 Å². The van der Waals surface area contributed by atoms with Crippen molar-refractivity contribution in [2.24, 2.45) is 0 Å². The van der Waals surface area contributed by atoms with Crippen molar-refractivity contribution >= 4 is 29.1 Å². The highest BCUT2D eigenvalue weighted by molar-refractivity contribution is 6.30. The summed E-state index contributed by atoms with van der Waals surface area (Å²) in [7, 11) is 0. The highest BCUT2D eigenvalue weighted by atomic mass is 35.5. The zero-order valence-corrected chi connectivity index (χ0v) is 14.3. The second-order valence-corrected chi connectivity index (χ2v) is 6.47. The normalized spacial score (nSPS) is 14.1. The van der Waals surface area contributed by atoms with E-state index in [4.69, 9.17) is 11.6 Å². The Kier molecular flexibility index (Phi) is 4.86. The van der Waals surface area contributed by atoms with Crippen LogP contribution in [0.5, 0.6) is 0 Å². The van der Waals surface area contributed by atoms with E-state index in [2.05, 4.69) is 5.32 Å². The highest BCUT2D eigenvalue weighted by Gasteiger charge is 2.20. The van der Waals surface area contributed by atoms with E-state index in [1.807, 2.05) is 36.1 Å². The van der Waals surface area contributed by atoms with Crippen LogP contribution < -0.4 is 5.32 Å². The molecule has 5 heteroatoms. The zero-order chi connectivity index (χ0) is 17.1. The number of aryl methyl sites for hydroxylation is 1. The molecule has 4 nitrogen and oxygen atoms in total. The quantitative estimate of drug-likeness (QED) is 0.912. The molecule has 1 fully saturated rings. The van der Waals surface area contributed by atoms with Crippen LogP contribution in [-0.2, 0) is 11.3 Å². The summed E-state index contributed by atoms with van der Waals surface area (Å²) < 4.78 is 0. The molecule has 124 valence electrons. The summed E-state index contributed by atoms with van der Waals surface area (Å²) in [5.74, 6) is 0.0108. The molecule has 1 saturated heterocycles. The number of nitrogens with zero attached hydrogens (tertiary/aromatic N) is 1. The Hall–Kier alpha value is -2.33. The fraction of sp³-hybridized carbons (Fsp3) is 0.263. The molecule has 0 atom stereocenters. The molecule has 0 unspecified atom stereocenters. The average molecular weight is 343 g/mol. The predicted octanol–water partition coefficient (Wildman–Crippen LogP) is 4.02. The maximum absolute atomic E-state index is 12.5. The molecule has 3 rings (SSSR count). The van der Waals surface area contributed by atoms with E-state index in [0.717, 1.165) is 29.8 Å². The summed E-state index contributed by atoms with van der Waals surface area (Å²) in [5, 5.41) is 3.55. The smallest absolute Gasteiger partial charge is 0.255 e. The molecule has 2 aromatic rings. The lowest BCUT2D eigenvalue weighted by Crippen LogP contribution is -2.24. The van der Waals surface area contributed by atoms with Gasteiger partial charge >= 0.3 is 0 Å². The van der Waals surface area contributed by atoms with E-state index >= 15 is 0 Å². The number of likely N-dealkylation sites (tertiary alicyclic amines) is 1. The molecule has 0 aromatic heterocycles. The molecule has 24 heavy (non-hydrogen) atoms. The number of halogens is 1. The molecule has 1 heterocycles. The first-order chi connectivity index (χ1) is 11.5. The van der Waals surface area contributed by atoms with Crippen molar-refractivity contribution < 1.29 is 9.59 Å². The summed E-state index contributed by atoms with van der Waals surface area (Å²) in [6, 6.07) is 12.8. The van der Waals surface area contributed by atoms with Gasteiger partial charge in [0, 0.05) is 35.8 Å². The van der Waals surface area contributed by atoms with Crippen LogP contribution in [-0.4, -0.2) is 23.3 Å². The molecule has 0 radical (unpaired) electrons. The second kappa shape index (κ2) is 7.05. The maximum atomic E-state index is 12.5. The Morgan fingerprint density at radius 3 is 2.79 bits per heavy atom. The fourth-order valence-corrected chi connectivity index (χ4v) is 3.09. The number of hydrogen-bond acceptors (Lipinski definition) is 2. The Morgan fingerprint density at radius 1 is 1.25 bits per heavy atom. The van der Waals surface area contributed by atoms with Crippen molar-refractivity contribution in [2.75, 3.05) is 11.9 Å². The Morgan fingerprint density at radius 2 is 2.08 bits per heavy atom. The van der Waals surface area contributed by atoms with Crippen LogP contribution in [0, 0.1) is 6.92 Å². The van der Waals surface area contributed by atoms with Crippen molar-refractivity contribution in [3.8, 4) is 0 Å². The van der Waals surface area contributed by atoms with Crippen molar-refractivity contribution in [3.63, 3.8) is 0 Å². The third-order valence-electron chi connectivity index (χ3n) is 4.17. The first kappa shape index (κ1) is 16.5. The van der Waals surface area contributed by atoms with E-state index in [-0.39, 0.29) is 11.8 Å². The van der Waals surface area contributed by atoms with Gasteiger partial charge < -0.3 is 10.2 Å². The van der Waals surface area contributed by atoms with Crippen LogP contribution >= 0.6 is 11.6 Å². The number of hydrogen-bond donors (Lipinski definition) is 1. The average Bonchev–Trinajstić information content (AvgIpc) is 2.95. The van der Waals surface area contributed by atoms with Crippen LogP contribution in [0.4, 0.5) is 5.69 Å². The number of amides is 2. The van der Waals surface area contributed by atoms with Crippen LogP contribution in [0.2, 0.25) is 5.02 Å². The van der Waals surface area contributed by atoms with E-state index < -0.39 is 0 Å². The van der Waals surface area contributed by atoms with Gasteiger partial charge in [0.2, 0.25) is 5.91 Å². The monoisotopic (exact) mass is 342 g/mol. The lowest BCUT2D eigenvalue weighted by atomic mass is 10.1. The van der Waals surface area contributed by atoms with Crippen LogP contribution in [0.3, 0.4) is 0 Å². The molecule has 0 spiro atoms. The van der Waals surface area contributed by atoms with Gasteiger partial charge in [-0.15, -0.1) is 0 Å². The van der Waals surface area contributed by atoms with Gasteiger partial charge in [0.1, 0.15) is 0 Å². The number of carbonyl (C=O) groups is 2. The minimum absolute atomic E-state index is 0.171. The fourth-order valence-electron chi connectivity index (χ4n) is 2.86. The number of carbonyl (C=O) groups excluding carboxylic acids is 2. The van der Waals surface area contributed by atoms with E-state index in [0.29, 0.717) is 23.6 Å². The van der Waals surface area contributed by atoms with Crippen LogP contribution in [0.25, 0.3) is 0 Å². The summed E-state index contributed by atoms with van der Waals surface area (Å²) in [5.41, 5.74) is 3.19. The maximum Gasteiger partial charge on any atom is 0.255 e. The lowest BCUT2D eigenvalue weighted by molar-refractivity contribution is -0.128. The Bertz CT molecular complexity index is 789. The van der Waals surface area contributed by atoms with E-state index in [1.54, 1.807) is 18.2 Å². The number of nitrogens with one attached hydrogen (secondary N) is 1. The molecule has 1 aliphatic rings. The highest BCUT2D eigenvalue weighted by Crippen LogP contribution is 2.21. The number of benzene rings is 2. The summed E-state index contributed by atoms with van der Waals surface area (Å²) in [6.45, 7) is 3.25. The first-order valence-corrected chi connectivity index (χ1v) is 8.35. The predicted molar refractivity (Wildman–Crippen MR) is 95.2 cm³/mol. The molecular weight excluding hydrogens is 324 g/mol. The summed E-state index contributed by atoms with van der Waals surface area (Å²) >= 11 is 5.94. The van der Waals surface area contributed by atoms with Crippen LogP contribution in [0.15, 0.2) is 42.5 Å². The summed E-state index contributed by atoms with van der Waals surface area (Å²) in [6.07, 6.45) is 1.53. The molecule has 1 aliphatic heterocycles. The second-order valence-electron chi connectivity index (χ2n) is 6.03. The Labute approximate surface area is 146 Å². The van der Waals surface area contributed by atoms with Crippen LogP contribution in [0.1, 0.15) is 34.3 Å². The first-order valence-electron chi connectivity index (χ1n) is 7.97. The largest absolute Gasteiger partial charge is 0.338 e. The SMILES string of the molecule is Cc1cc(Cl)ccc1NC(=O)c1cccc(CN2CCCC2=O)c1. The third kappa shape index (κ3) is 3.77. The zero-order valence-electron chi connectivity index (χ0n) is 13.5. The summed E-state index contributed by atoms with van der Waals surface area (Å²) in [4.78, 5) is 26.1. The third-order valence-corrected chi connectivity index (χ3v) is 4.41. The van der Waals surface area contributed by atoms with Gasteiger partial charge in [-0.2, -0.15) is 0 Å². The molecular formula is C19H19ClN2O2. The van der Waals surface area contributed by atoms with Gasteiger partial charge in [0.25, 0.3) is 5.91 Å². The van der Waals surface area contributed by atoms with Crippen molar-refractivity contribution in [1.29, 1.82) is 0 Å². The number of anilines is 1. The molecule has 1 N–H and O–H groups in total. The van der Waals surface area contributed by atoms with Gasteiger partial charge in [-0.05, 0) is 54.8 Å².